The van der Waals surface area contributed by atoms with Gasteiger partial charge in [-0.25, -0.2) is 17.7 Å². The highest BCUT2D eigenvalue weighted by atomic mass is 32.2. The summed E-state index contributed by atoms with van der Waals surface area (Å²) in [6, 6.07) is 2.94. The monoisotopic (exact) mass is 541 g/mol. The van der Waals surface area contributed by atoms with Crippen molar-refractivity contribution in [2.45, 2.75) is 63.1 Å². The van der Waals surface area contributed by atoms with Crippen LogP contribution in [0.4, 0.5) is 5.95 Å². The van der Waals surface area contributed by atoms with Gasteiger partial charge < -0.3 is 15.3 Å². The molecule has 38 heavy (non-hydrogen) atoms. The maximum Gasteiger partial charge on any atom is 0.270 e. The molecule has 4 heterocycles. The fraction of sp³-hybridized carbons (Fsp3) is 0.615. The third kappa shape index (κ3) is 5.33. The summed E-state index contributed by atoms with van der Waals surface area (Å²) in [7, 11) is -1.32. The summed E-state index contributed by atoms with van der Waals surface area (Å²) in [5.41, 5.74) is 0.0128. The van der Waals surface area contributed by atoms with E-state index in [2.05, 4.69) is 20.2 Å². The summed E-state index contributed by atoms with van der Waals surface area (Å²) in [6.07, 6.45) is 7.54. The zero-order valence-electron chi connectivity index (χ0n) is 21.9. The van der Waals surface area contributed by atoms with Crippen LogP contribution < -0.4 is 10.9 Å². The van der Waals surface area contributed by atoms with E-state index in [-0.39, 0.29) is 17.4 Å². The smallest absolute Gasteiger partial charge is 0.270 e. The Bertz CT molecular complexity index is 1450. The Kier molecular flexibility index (Phi) is 7.30. The molecule has 3 fully saturated rings. The van der Waals surface area contributed by atoms with Gasteiger partial charge in [0, 0.05) is 43.8 Å². The molecule has 11 nitrogen and oxygen atoms in total. The van der Waals surface area contributed by atoms with Crippen LogP contribution in [-0.4, -0.2) is 87.9 Å². The highest BCUT2D eigenvalue weighted by Crippen LogP contribution is 2.39. The van der Waals surface area contributed by atoms with E-state index in [1.807, 2.05) is 19.2 Å². The minimum absolute atomic E-state index is 0.00585. The van der Waals surface area contributed by atoms with E-state index in [9.17, 15) is 23.6 Å². The second-order valence-corrected chi connectivity index (χ2v) is 13.0. The molecule has 2 atom stereocenters. The van der Waals surface area contributed by atoms with E-state index < -0.39 is 27.2 Å². The first kappa shape index (κ1) is 26.7. The molecule has 2 aliphatic heterocycles. The number of piperidine rings is 1. The van der Waals surface area contributed by atoms with Crippen molar-refractivity contribution in [2.75, 3.05) is 44.3 Å². The average Bonchev–Trinajstić information content (AvgIpc) is 3.46. The topological polar surface area (TPSA) is 144 Å². The van der Waals surface area contributed by atoms with Gasteiger partial charge >= 0.3 is 0 Å². The first-order valence-corrected chi connectivity index (χ1v) is 14.8. The van der Waals surface area contributed by atoms with Crippen LogP contribution >= 0.6 is 0 Å². The number of aromatic nitrogens is 3. The molecular weight excluding hydrogens is 506 g/mol. The van der Waals surface area contributed by atoms with Crippen LogP contribution in [0.25, 0.3) is 11.0 Å². The van der Waals surface area contributed by atoms with Crippen LogP contribution in [0.1, 0.15) is 57.1 Å². The van der Waals surface area contributed by atoms with Crippen LogP contribution in [0.3, 0.4) is 0 Å². The lowest BCUT2D eigenvalue weighted by Crippen LogP contribution is -2.43. The maximum absolute atomic E-state index is 13.2. The molecule has 1 aliphatic carbocycles. The Labute approximate surface area is 222 Å². The van der Waals surface area contributed by atoms with Gasteiger partial charge in [0.05, 0.1) is 17.4 Å². The molecule has 0 aromatic carbocycles. The Hall–Kier alpha value is -2.85. The van der Waals surface area contributed by atoms with Gasteiger partial charge in [-0.1, -0.05) is 11.6 Å². The Morgan fingerprint density at radius 1 is 1.29 bits per heavy atom. The predicted octanol–water partition coefficient (Wildman–Crippen LogP) is 1.61. The second-order valence-electron chi connectivity index (χ2n) is 11.0. The number of pyridine rings is 1. The number of fused-ring (bicyclic) bond motifs is 1. The van der Waals surface area contributed by atoms with E-state index in [1.54, 1.807) is 17.4 Å². The summed E-state index contributed by atoms with van der Waals surface area (Å²) in [4.78, 5) is 24.4. The maximum atomic E-state index is 13.2. The molecule has 2 saturated heterocycles. The average molecular weight is 542 g/mol. The SMILES string of the molecule is CN1CC/C(=C/CS(=O)(=O)N2CCC(Nc3ncc4cc(C#N)c(=O)n([C@@H]5CCC[C@@]5(C)O)c4n3)CC2)C1. The number of sulfonamides is 1. The Morgan fingerprint density at radius 3 is 2.68 bits per heavy atom. The van der Waals surface area contributed by atoms with E-state index in [0.29, 0.717) is 55.8 Å². The number of hydrogen-bond acceptors (Lipinski definition) is 9. The Balaban J connectivity index is 1.31. The zero-order chi connectivity index (χ0) is 27.1. The lowest BCUT2D eigenvalue weighted by Gasteiger charge is -2.31. The first-order valence-electron chi connectivity index (χ1n) is 13.2. The quantitative estimate of drug-likeness (QED) is 0.521. The van der Waals surface area contributed by atoms with Gasteiger partial charge in [0.25, 0.3) is 5.56 Å². The number of aliphatic hydroxyl groups is 1. The standard InChI is InChI=1S/C26H35N7O4S/c1-26(35)9-3-4-22(26)33-23-20(14-19(15-27)24(33)34)16-28-25(30-23)29-21-6-11-32(12-7-21)38(36,37)13-8-18-5-10-31(2)17-18/h8,14,16,21-22,35H,3-7,9-13,17H2,1-2H3,(H,28,29,30)/b18-8-/t22-,26-/m1/s1. The number of likely N-dealkylation sites (N-methyl/N-ethyl adjacent to an activating group) is 1. The highest BCUT2D eigenvalue weighted by molar-refractivity contribution is 7.89. The number of rotatable bonds is 6. The number of nitriles is 1. The van der Waals surface area contributed by atoms with Gasteiger partial charge in [0.2, 0.25) is 16.0 Å². The Morgan fingerprint density at radius 2 is 2.05 bits per heavy atom. The largest absolute Gasteiger partial charge is 0.388 e. The first-order chi connectivity index (χ1) is 18.1. The minimum Gasteiger partial charge on any atom is -0.388 e. The summed E-state index contributed by atoms with van der Waals surface area (Å²) in [5.74, 6) is 0.374. The third-order valence-electron chi connectivity index (χ3n) is 8.13. The highest BCUT2D eigenvalue weighted by Gasteiger charge is 2.40. The molecule has 0 radical (unpaired) electrons. The van der Waals surface area contributed by atoms with Gasteiger partial charge in [-0.05, 0) is 58.6 Å². The van der Waals surface area contributed by atoms with Crippen molar-refractivity contribution in [1.29, 1.82) is 5.26 Å². The molecular formula is C26H35N7O4S. The van der Waals surface area contributed by atoms with Crippen molar-refractivity contribution in [2.24, 2.45) is 0 Å². The molecule has 0 spiro atoms. The van der Waals surface area contributed by atoms with Crippen molar-refractivity contribution < 1.29 is 13.5 Å². The van der Waals surface area contributed by atoms with E-state index >= 15 is 0 Å². The lowest BCUT2D eigenvalue weighted by molar-refractivity contribution is 0.0266. The molecule has 0 bridgehead atoms. The molecule has 2 aromatic rings. The summed E-state index contributed by atoms with van der Waals surface area (Å²) in [6.45, 7) is 4.34. The normalized spacial score (nSPS) is 26.8. The fourth-order valence-electron chi connectivity index (χ4n) is 5.89. The van der Waals surface area contributed by atoms with Crippen molar-refractivity contribution in [1.82, 2.24) is 23.7 Å². The summed E-state index contributed by atoms with van der Waals surface area (Å²) < 4.78 is 28.8. The molecule has 204 valence electrons. The van der Waals surface area contributed by atoms with Crippen LogP contribution in [0.15, 0.2) is 28.7 Å². The van der Waals surface area contributed by atoms with Crippen LogP contribution in [-0.2, 0) is 10.0 Å². The molecule has 2 N–H and O–H groups in total. The van der Waals surface area contributed by atoms with Crippen LogP contribution in [0.2, 0.25) is 0 Å². The van der Waals surface area contributed by atoms with Crippen molar-refractivity contribution >= 4 is 27.0 Å². The van der Waals surface area contributed by atoms with Crippen LogP contribution in [0, 0.1) is 11.3 Å². The molecule has 12 heteroatoms. The van der Waals surface area contributed by atoms with Gasteiger partial charge in [0.15, 0.2) is 0 Å². The molecule has 3 aliphatic rings. The zero-order valence-corrected chi connectivity index (χ0v) is 22.7. The van der Waals surface area contributed by atoms with Crippen molar-refractivity contribution in [3.05, 3.63) is 39.8 Å². The number of likely N-dealkylation sites (tertiary alicyclic amines) is 1. The number of nitrogens with zero attached hydrogens (tertiary/aromatic N) is 6. The third-order valence-corrected chi connectivity index (χ3v) is 9.87. The molecule has 0 unspecified atom stereocenters. The summed E-state index contributed by atoms with van der Waals surface area (Å²) >= 11 is 0. The predicted molar refractivity (Wildman–Crippen MR) is 144 cm³/mol. The molecule has 2 aromatic heterocycles. The minimum atomic E-state index is -3.36. The van der Waals surface area contributed by atoms with Gasteiger partial charge in [-0.3, -0.25) is 9.36 Å². The van der Waals surface area contributed by atoms with E-state index in [4.69, 9.17) is 0 Å². The number of anilines is 1. The fourth-order valence-corrected chi connectivity index (χ4v) is 7.32. The van der Waals surface area contributed by atoms with Gasteiger partial charge in [-0.15, -0.1) is 0 Å². The number of nitrogens with one attached hydrogen (secondary N) is 1. The molecule has 1 saturated carbocycles. The molecule has 5 rings (SSSR count). The van der Waals surface area contributed by atoms with Gasteiger partial charge in [-0.2, -0.15) is 10.2 Å². The summed E-state index contributed by atoms with van der Waals surface area (Å²) in [5, 5.41) is 24.3. The van der Waals surface area contributed by atoms with E-state index in [1.165, 1.54) is 16.2 Å². The van der Waals surface area contributed by atoms with Crippen LogP contribution in [0.5, 0.6) is 0 Å². The molecule has 0 amide bonds. The van der Waals surface area contributed by atoms with Crippen molar-refractivity contribution in [3.8, 4) is 6.07 Å². The van der Waals surface area contributed by atoms with Gasteiger partial charge in [0.1, 0.15) is 17.3 Å². The second kappa shape index (κ2) is 10.4. The lowest BCUT2D eigenvalue weighted by atomic mass is 9.99. The van der Waals surface area contributed by atoms with E-state index in [0.717, 1.165) is 25.9 Å². The van der Waals surface area contributed by atoms with Crippen molar-refractivity contribution in [3.63, 3.8) is 0 Å². The number of hydrogen-bond donors (Lipinski definition) is 2.